The first-order valence-corrected chi connectivity index (χ1v) is 9.21. The maximum absolute atomic E-state index is 3.21. The lowest BCUT2D eigenvalue weighted by molar-refractivity contribution is 0.583. The molecule has 0 saturated heterocycles. The van der Waals surface area contributed by atoms with Gasteiger partial charge in [0.2, 0.25) is 0 Å². The normalized spacial score (nSPS) is 11.0. The highest BCUT2D eigenvalue weighted by atomic mass is 35.5. The van der Waals surface area contributed by atoms with Gasteiger partial charge in [-0.15, -0.1) is 12.4 Å². The minimum Gasteiger partial charge on any atom is -0.320 e. The minimum absolute atomic E-state index is 0. The van der Waals surface area contributed by atoms with E-state index in [0.29, 0.717) is 0 Å². The minimum atomic E-state index is 0. The molecule has 0 aliphatic rings. The van der Waals surface area contributed by atoms with Crippen molar-refractivity contribution < 1.29 is 0 Å². The average Bonchev–Trinajstić information content (AvgIpc) is 2.47. The van der Waals surface area contributed by atoms with Crippen LogP contribution in [0.2, 0.25) is 0 Å². The van der Waals surface area contributed by atoms with Crippen molar-refractivity contribution in [1.29, 1.82) is 0 Å². The highest BCUT2D eigenvalue weighted by Gasteiger charge is 1.90. The topological polar surface area (TPSA) is 12.0 Å². The van der Waals surface area contributed by atoms with Crippen LogP contribution in [0.15, 0.2) is 12.2 Å². The Morgan fingerprint density at radius 3 is 1.52 bits per heavy atom. The molecule has 0 radical (unpaired) electrons. The van der Waals surface area contributed by atoms with Crippen LogP contribution in [0.3, 0.4) is 0 Å². The smallest absolute Gasteiger partial charge is 0.00519 e. The monoisotopic (exact) mass is 317 g/mol. The summed E-state index contributed by atoms with van der Waals surface area (Å²) in [5.41, 5.74) is 0. The van der Waals surface area contributed by atoms with Crippen molar-refractivity contribution in [1.82, 2.24) is 5.32 Å². The zero-order chi connectivity index (χ0) is 14.7. The van der Waals surface area contributed by atoms with Gasteiger partial charge >= 0.3 is 0 Å². The molecule has 0 fully saturated rings. The van der Waals surface area contributed by atoms with Gasteiger partial charge < -0.3 is 5.32 Å². The summed E-state index contributed by atoms with van der Waals surface area (Å²) < 4.78 is 0. The van der Waals surface area contributed by atoms with Gasteiger partial charge in [-0.25, -0.2) is 0 Å². The fourth-order valence-electron chi connectivity index (χ4n) is 2.55. The number of hydrogen-bond acceptors (Lipinski definition) is 1. The maximum Gasteiger partial charge on any atom is -0.00519 e. The predicted molar refractivity (Wildman–Crippen MR) is 101 cm³/mol. The van der Waals surface area contributed by atoms with E-state index < -0.39 is 0 Å². The lowest BCUT2D eigenvalue weighted by Gasteiger charge is -2.00. The van der Waals surface area contributed by atoms with Crippen LogP contribution in [0.25, 0.3) is 0 Å². The molecule has 2 heteroatoms. The van der Waals surface area contributed by atoms with E-state index in [4.69, 9.17) is 0 Å². The summed E-state index contributed by atoms with van der Waals surface area (Å²) in [6.07, 6.45) is 24.3. The molecule has 0 aromatic heterocycles. The molecule has 0 aliphatic heterocycles. The Bertz CT molecular complexity index is 192. The van der Waals surface area contributed by atoms with Gasteiger partial charge in [-0.1, -0.05) is 76.9 Å². The second-order valence-corrected chi connectivity index (χ2v) is 6.04. The second-order valence-electron chi connectivity index (χ2n) is 6.04. The fraction of sp³-hybridized carbons (Fsp3) is 0.895. The van der Waals surface area contributed by atoms with E-state index in [1.807, 2.05) is 7.05 Å². The van der Waals surface area contributed by atoms with Gasteiger partial charge in [0.15, 0.2) is 0 Å². The number of halogens is 1. The highest BCUT2D eigenvalue weighted by Crippen LogP contribution is 2.09. The first-order chi connectivity index (χ1) is 9.91. The van der Waals surface area contributed by atoms with Gasteiger partial charge in [0, 0.05) is 0 Å². The van der Waals surface area contributed by atoms with Crippen molar-refractivity contribution in [2.45, 2.75) is 96.8 Å². The molecule has 0 heterocycles. The summed E-state index contributed by atoms with van der Waals surface area (Å²) in [4.78, 5) is 0. The van der Waals surface area contributed by atoms with Crippen LogP contribution in [0, 0.1) is 0 Å². The third kappa shape index (κ3) is 22.4. The van der Waals surface area contributed by atoms with Gasteiger partial charge in [-0.3, -0.25) is 0 Å². The van der Waals surface area contributed by atoms with E-state index in [2.05, 4.69) is 24.4 Å². The number of unbranched alkanes of at least 4 members (excludes halogenated alkanes) is 12. The zero-order valence-electron chi connectivity index (χ0n) is 14.7. The Balaban J connectivity index is 0. The van der Waals surface area contributed by atoms with E-state index in [1.165, 1.54) is 96.4 Å². The molecule has 1 nitrogen and oxygen atoms in total. The van der Waals surface area contributed by atoms with Crippen LogP contribution in [0.4, 0.5) is 0 Å². The molecule has 0 atom stereocenters. The maximum atomic E-state index is 3.21. The van der Waals surface area contributed by atoms with Gasteiger partial charge in [0.25, 0.3) is 0 Å². The van der Waals surface area contributed by atoms with E-state index in [9.17, 15) is 0 Å². The SMILES string of the molecule is CCCCCCCC/C=C\CCCCCCCCNC.Cl. The van der Waals surface area contributed by atoms with Crippen molar-refractivity contribution in [2.24, 2.45) is 0 Å². The summed E-state index contributed by atoms with van der Waals surface area (Å²) in [5.74, 6) is 0. The lowest BCUT2D eigenvalue weighted by atomic mass is 10.1. The molecule has 0 aliphatic carbocycles. The summed E-state index contributed by atoms with van der Waals surface area (Å²) in [5, 5.41) is 3.21. The first kappa shape index (κ1) is 23.3. The van der Waals surface area contributed by atoms with Crippen molar-refractivity contribution in [3.05, 3.63) is 12.2 Å². The predicted octanol–water partition coefficient (Wildman–Crippen LogP) is 6.67. The summed E-state index contributed by atoms with van der Waals surface area (Å²) >= 11 is 0. The quantitative estimate of drug-likeness (QED) is 0.248. The van der Waals surface area contributed by atoms with Gasteiger partial charge in [-0.2, -0.15) is 0 Å². The molecular weight excluding hydrogens is 278 g/mol. The molecular formula is C19H40ClN. The van der Waals surface area contributed by atoms with E-state index in [1.54, 1.807) is 0 Å². The lowest BCUT2D eigenvalue weighted by Crippen LogP contribution is -2.06. The van der Waals surface area contributed by atoms with Gasteiger partial charge in [-0.05, 0) is 45.7 Å². The van der Waals surface area contributed by atoms with E-state index >= 15 is 0 Å². The van der Waals surface area contributed by atoms with Crippen LogP contribution in [0.1, 0.15) is 96.8 Å². The molecule has 0 spiro atoms. The third-order valence-corrected chi connectivity index (χ3v) is 3.94. The molecule has 0 aromatic rings. The molecule has 0 rings (SSSR count). The first-order valence-electron chi connectivity index (χ1n) is 9.21. The molecule has 0 amide bonds. The number of rotatable bonds is 16. The van der Waals surface area contributed by atoms with Crippen LogP contribution >= 0.6 is 12.4 Å². The summed E-state index contributed by atoms with van der Waals surface area (Å²) in [6, 6.07) is 0. The molecule has 0 saturated carbocycles. The van der Waals surface area contributed by atoms with Crippen molar-refractivity contribution >= 4 is 12.4 Å². The van der Waals surface area contributed by atoms with Crippen LogP contribution in [-0.2, 0) is 0 Å². The number of hydrogen-bond donors (Lipinski definition) is 1. The van der Waals surface area contributed by atoms with E-state index in [-0.39, 0.29) is 12.4 Å². The Hall–Kier alpha value is -0.0100. The third-order valence-electron chi connectivity index (χ3n) is 3.94. The molecule has 0 bridgehead atoms. The molecule has 0 aromatic carbocycles. The van der Waals surface area contributed by atoms with Crippen molar-refractivity contribution in [3.8, 4) is 0 Å². The Morgan fingerprint density at radius 2 is 1.05 bits per heavy atom. The standard InChI is InChI=1S/C19H39N.ClH/c1-3-4-5-6-7-8-9-10-11-12-13-14-15-16-17-18-19-20-2;/h10-11,20H,3-9,12-19H2,1-2H3;1H/b11-10-;. The summed E-state index contributed by atoms with van der Waals surface area (Å²) in [6.45, 7) is 3.46. The number of nitrogens with one attached hydrogen (secondary N) is 1. The largest absolute Gasteiger partial charge is 0.320 e. The van der Waals surface area contributed by atoms with E-state index in [0.717, 1.165) is 0 Å². The molecule has 0 unspecified atom stereocenters. The second kappa shape index (κ2) is 22.3. The Labute approximate surface area is 140 Å². The number of allylic oxidation sites excluding steroid dienone is 2. The van der Waals surface area contributed by atoms with Crippen molar-refractivity contribution in [3.63, 3.8) is 0 Å². The fourth-order valence-corrected chi connectivity index (χ4v) is 2.55. The summed E-state index contributed by atoms with van der Waals surface area (Å²) in [7, 11) is 2.04. The Morgan fingerprint density at radius 1 is 0.619 bits per heavy atom. The van der Waals surface area contributed by atoms with Crippen LogP contribution < -0.4 is 5.32 Å². The zero-order valence-corrected chi connectivity index (χ0v) is 15.5. The van der Waals surface area contributed by atoms with Gasteiger partial charge in [0.1, 0.15) is 0 Å². The molecule has 128 valence electrons. The van der Waals surface area contributed by atoms with Gasteiger partial charge in [0.05, 0.1) is 0 Å². The highest BCUT2D eigenvalue weighted by molar-refractivity contribution is 5.85. The van der Waals surface area contributed by atoms with Crippen molar-refractivity contribution in [2.75, 3.05) is 13.6 Å². The molecule has 1 N–H and O–H groups in total. The van der Waals surface area contributed by atoms with Crippen LogP contribution in [0.5, 0.6) is 0 Å². The molecule has 21 heavy (non-hydrogen) atoms. The average molecular weight is 318 g/mol. The Kier molecular flexibility index (Phi) is 24.7. The van der Waals surface area contributed by atoms with Crippen LogP contribution in [-0.4, -0.2) is 13.6 Å².